The van der Waals surface area contributed by atoms with Gasteiger partial charge in [-0.15, -0.1) is 0 Å². The lowest BCUT2D eigenvalue weighted by Crippen LogP contribution is -2.62. The maximum Gasteiger partial charge on any atom is 0.245 e. The maximum atomic E-state index is 12.6. The lowest BCUT2D eigenvalue weighted by atomic mass is 10.1. The Labute approximate surface area is 115 Å². The number of rotatable bonds is 3. The molecule has 0 saturated carbocycles. The molecule has 2 atom stereocenters. The van der Waals surface area contributed by atoms with Gasteiger partial charge >= 0.3 is 0 Å². The fourth-order valence-corrected chi connectivity index (χ4v) is 2.53. The Kier molecular flexibility index (Phi) is 4.22. The Bertz CT molecular complexity index is 443. The molecule has 0 aromatic heterocycles. The predicted octanol–water partition coefficient (Wildman–Crippen LogP) is 1.25. The molecule has 4 heteroatoms. The molecular weight excluding hydrogens is 238 g/mol. The molecule has 1 aromatic carbocycles. The zero-order valence-electron chi connectivity index (χ0n) is 12.2. The van der Waals surface area contributed by atoms with Gasteiger partial charge in [0.25, 0.3) is 0 Å². The number of hydrogen-bond acceptors (Lipinski definition) is 3. The van der Waals surface area contributed by atoms with E-state index in [-0.39, 0.29) is 11.9 Å². The highest BCUT2D eigenvalue weighted by Gasteiger charge is 2.36. The standard InChI is InChI=1S/C15H23N3O/c1-11-5-7-13(8-6-11)18-10-12(2)17(4)14(9-16-3)15(18)19/h5-8,12,14,16H,9-10H2,1-4H3. The van der Waals surface area contributed by atoms with Crippen LogP contribution in [0.4, 0.5) is 5.69 Å². The lowest BCUT2D eigenvalue weighted by Gasteiger charge is -2.43. The Morgan fingerprint density at radius 2 is 1.95 bits per heavy atom. The Morgan fingerprint density at radius 1 is 1.32 bits per heavy atom. The summed E-state index contributed by atoms with van der Waals surface area (Å²) in [6.45, 7) is 5.65. The van der Waals surface area contributed by atoms with E-state index < -0.39 is 0 Å². The summed E-state index contributed by atoms with van der Waals surface area (Å²) < 4.78 is 0. The Hall–Kier alpha value is -1.39. The van der Waals surface area contributed by atoms with E-state index in [2.05, 4.69) is 36.2 Å². The largest absolute Gasteiger partial charge is 0.318 e. The van der Waals surface area contributed by atoms with Crippen molar-refractivity contribution in [3.63, 3.8) is 0 Å². The third kappa shape index (κ3) is 2.80. The number of hydrogen-bond donors (Lipinski definition) is 1. The van der Waals surface area contributed by atoms with Crippen molar-refractivity contribution in [3.05, 3.63) is 29.8 Å². The first kappa shape index (κ1) is 14.0. The van der Waals surface area contributed by atoms with Gasteiger partial charge in [0.15, 0.2) is 0 Å². The molecule has 1 saturated heterocycles. The number of nitrogens with zero attached hydrogens (tertiary/aromatic N) is 2. The van der Waals surface area contributed by atoms with Crippen LogP contribution in [0.5, 0.6) is 0 Å². The first-order valence-electron chi connectivity index (χ1n) is 6.79. The molecule has 1 amide bonds. The monoisotopic (exact) mass is 261 g/mol. The highest BCUT2D eigenvalue weighted by atomic mass is 16.2. The summed E-state index contributed by atoms with van der Waals surface area (Å²) in [6, 6.07) is 8.44. The van der Waals surface area contributed by atoms with Crippen molar-refractivity contribution in [1.29, 1.82) is 0 Å². The van der Waals surface area contributed by atoms with E-state index in [1.54, 1.807) is 0 Å². The fourth-order valence-electron chi connectivity index (χ4n) is 2.53. The summed E-state index contributed by atoms with van der Waals surface area (Å²) in [5, 5.41) is 3.11. The van der Waals surface area contributed by atoms with Crippen molar-refractivity contribution in [2.45, 2.75) is 25.9 Å². The average Bonchev–Trinajstić information content (AvgIpc) is 2.40. The molecule has 1 fully saturated rings. The topological polar surface area (TPSA) is 35.6 Å². The van der Waals surface area contributed by atoms with E-state index in [0.29, 0.717) is 12.6 Å². The molecule has 19 heavy (non-hydrogen) atoms. The lowest BCUT2D eigenvalue weighted by molar-refractivity contribution is -0.126. The molecule has 104 valence electrons. The second kappa shape index (κ2) is 5.72. The molecule has 0 radical (unpaired) electrons. The van der Waals surface area contributed by atoms with Crippen LogP contribution >= 0.6 is 0 Å². The van der Waals surface area contributed by atoms with Crippen LogP contribution in [-0.4, -0.2) is 50.1 Å². The summed E-state index contributed by atoms with van der Waals surface area (Å²) in [5.74, 6) is 0.179. The third-order valence-corrected chi connectivity index (χ3v) is 3.93. The van der Waals surface area contributed by atoms with Crippen molar-refractivity contribution < 1.29 is 4.79 Å². The minimum Gasteiger partial charge on any atom is -0.318 e. The van der Waals surface area contributed by atoms with E-state index in [9.17, 15) is 4.79 Å². The second-order valence-corrected chi connectivity index (χ2v) is 5.37. The molecule has 0 aliphatic carbocycles. The summed E-state index contributed by atoms with van der Waals surface area (Å²) >= 11 is 0. The van der Waals surface area contributed by atoms with Crippen molar-refractivity contribution >= 4 is 11.6 Å². The van der Waals surface area contributed by atoms with Gasteiger partial charge in [0.05, 0.1) is 0 Å². The smallest absolute Gasteiger partial charge is 0.245 e. The van der Waals surface area contributed by atoms with Gasteiger partial charge in [0.1, 0.15) is 6.04 Å². The van der Waals surface area contributed by atoms with Crippen LogP contribution in [0, 0.1) is 6.92 Å². The zero-order chi connectivity index (χ0) is 14.0. The molecule has 2 unspecified atom stereocenters. The van der Waals surface area contributed by atoms with Crippen LogP contribution in [0.25, 0.3) is 0 Å². The summed E-state index contributed by atoms with van der Waals surface area (Å²) in [6.07, 6.45) is 0. The number of carbonyl (C=O) groups excluding carboxylic acids is 1. The molecule has 1 N–H and O–H groups in total. The van der Waals surface area contributed by atoms with Crippen LogP contribution in [0.3, 0.4) is 0 Å². The molecule has 1 aliphatic rings. The molecule has 2 rings (SSSR count). The first-order chi connectivity index (χ1) is 9.04. The highest BCUT2D eigenvalue weighted by molar-refractivity contribution is 5.98. The van der Waals surface area contributed by atoms with Crippen LogP contribution in [0.15, 0.2) is 24.3 Å². The summed E-state index contributed by atoms with van der Waals surface area (Å²) in [5.41, 5.74) is 2.21. The Morgan fingerprint density at radius 3 is 2.53 bits per heavy atom. The van der Waals surface area contributed by atoms with Crippen molar-refractivity contribution in [2.24, 2.45) is 0 Å². The van der Waals surface area contributed by atoms with Gasteiger partial charge in [0, 0.05) is 24.8 Å². The maximum absolute atomic E-state index is 12.6. The minimum atomic E-state index is -0.0879. The number of benzene rings is 1. The summed E-state index contributed by atoms with van der Waals surface area (Å²) in [7, 11) is 3.91. The highest BCUT2D eigenvalue weighted by Crippen LogP contribution is 2.22. The predicted molar refractivity (Wildman–Crippen MR) is 78.5 cm³/mol. The van der Waals surface area contributed by atoms with E-state index in [4.69, 9.17) is 0 Å². The average molecular weight is 261 g/mol. The normalized spacial score (nSPS) is 24.8. The van der Waals surface area contributed by atoms with Gasteiger partial charge in [0.2, 0.25) is 5.91 Å². The number of carbonyl (C=O) groups is 1. The number of piperazine rings is 1. The third-order valence-electron chi connectivity index (χ3n) is 3.93. The number of amides is 1. The number of anilines is 1. The Balaban J connectivity index is 2.25. The molecule has 1 aliphatic heterocycles. The molecular formula is C15H23N3O. The van der Waals surface area contributed by atoms with Gasteiger partial charge < -0.3 is 10.2 Å². The molecule has 0 bridgehead atoms. The van der Waals surface area contributed by atoms with Crippen LogP contribution in [-0.2, 0) is 4.79 Å². The van der Waals surface area contributed by atoms with Gasteiger partial charge in [-0.25, -0.2) is 0 Å². The van der Waals surface area contributed by atoms with E-state index in [1.807, 2.05) is 31.1 Å². The van der Waals surface area contributed by atoms with E-state index in [1.165, 1.54) is 5.56 Å². The van der Waals surface area contributed by atoms with Gasteiger partial charge in [-0.2, -0.15) is 0 Å². The fraction of sp³-hybridized carbons (Fsp3) is 0.533. The van der Waals surface area contributed by atoms with Crippen molar-refractivity contribution in [2.75, 3.05) is 32.1 Å². The number of likely N-dealkylation sites (N-methyl/N-ethyl adjacent to an activating group) is 2. The number of nitrogens with one attached hydrogen (secondary N) is 1. The SMILES string of the molecule is CNCC1C(=O)N(c2ccc(C)cc2)CC(C)N1C. The summed E-state index contributed by atoms with van der Waals surface area (Å²) in [4.78, 5) is 16.7. The zero-order valence-corrected chi connectivity index (χ0v) is 12.2. The minimum absolute atomic E-state index is 0.0879. The van der Waals surface area contributed by atoms with Crippen LogP contribution < -0.4 is 10.2 Å². The van der Waals surface area contributed by atoms with Crippen LogP contribution in [0.1, 0.15) is 12.5 Å². The molecule has 4 nitrogen and oxygen atoms in total. The van der Waals surface area contributed by atoms with Gasteiger partial charge in [-0.1, -0.05) is 17.7 Å². The molecule has 1 aromatic rings. The number of aryl methyl sites for hydroxylation is 1. The van der Waals surface area contributed by atoms with Crippen molar-refractivity contribution in [3.8, 4) is 0 Å². The first-order valence-corrected chi connectivity index (χ1v) is 6.79. The quantitative estimate of drug-likeness (QED) is 0.889. The van der Waals surface area contributed by atoms with Gasteiger partial charge in [-0.05, 0) is 40.1 Å². The second-order valence-electron chi connectivity index (χ2n) is 5.37. The van der Waals surface area contributed by atoms with Crippen LogP contribution in [0.2, 0.25) is 0 Å². The van der Waals surface area contributed by atoms with E-state index in [0.717, 1.165) is 12.2 Å². The van der Waals surface area contributed by atoms with Crippen molar-refractivity contribution in [1.82, 2.24) is 10.2 Å². The molecule has 1 heterocycles. The molecule has 0 spiro atoms. The van der Waals surface area contributed by atoms with Gasteiger partial charge in [-0.3, -0.25) is 9.69 Å². The van der Waals surface area contributed by atoms with E-state index >= 15 is 0 Å².